The number of nitrogens with one attached hydrogen (secondary N) is 1. The van der Waals surface area contributed by atoms with E-state index in [0.29, 0.717) is 6.54 Å². The summed E-state index contributed by atoms with van der Waals surface area (Å²) in [5.41, 5.74) is 1.60. The molecule has 2 rings (SSSR count). The average molecular weight is 420 g/mol. The first kappa shape index (κ1) is 15.3. The quantitative estimate of drug-likeness (QED) is 0.533. The lowest BCUT2D eigenvalue weighted by molar-refractivity contribution is -0.384. The van der Waals surface area contributed by atoms with Crippen molar-refractivity contribution < 1.29 is 4.92 Å². The number of nitrogens with zero attached hydrogens (tertiary/aromatic N) is 1. The fraction of sp³-hybridized carbons (Fsp3) is 0.0769. The van der Waals surface area contributed by atoms with Crippen molar-refractivity contribution in [1.82, 2.24) is 0 Å². The van der Waals surface area contributed by atoms with Crippen LogP contribution in [0.4, 0.5) is 11.4 Å². The fourth-order valence-electron chi connectivity index (χ4n) is 1.64. The van der Waals surface area contributed by atoms with E-state index in [0.717, 1.165) is 20.2 Å². The van der Waals surface area contributed by atoms with Gasteiger partial charge in [-0.3, -0.25) is 10.1 Å². The smallest absolute Gasteiger partial charge is 0.288 e. The second kappa shape index (κ2) is 6.56. The highest BCUT2D eigenvalue weighted by Crippen LogP contribution is 2.28. The van der Waals surface area contributed by atoms with Crippen LogP contribution >= 0.6 is 43.5 Å². The van der Waals surface area contributed by atoms with Gasteiger partial charge in [-0.05, 0) is 45.8 Å². The molecule has 2 aromatic carbocycles. The number of hydrogen-bond acceptors (Lipinski definition) is 3. The summed E-state index contributed by atoms with van der Waals surface area (Å²) in [6.07, 6.45) is 0. The molecule has 0 aliphatic carbocycles. The molecule has 0 bridgehead atoms. The van der Waals surface area contributed by atoms with Crippen LogP contribution < -0.4 is 5.32 Å². The van der Waals surface area contributed by atoms with E-state index in [4.69, 9.17) is 11.6 Å². The summed E-state index contributed by atoms with van der Waals surface area (Å²) in [7, 11) is 0. The summed E-state index contributed by atoms with van der Waals surface area (Å²) in [5.74, 6) is 0. The molecular formula is C13H9Br2ClN2O2. The van der Waals surface area contributed by atoms with Gasteiger partial charge in [-0.15, -0.1) is 0 Å². The first-order chi connectivity index (χ1) is 9.47. The van der Waals surface area contributed by atoms with Gasteiger partial charge in [0.15, 0.2) is 0 Å². The standard InChI is InChI=1S/C13H9Br2ClN2O2/c14-9-2-3-10(15)12(6-9)17-7-8-1-4-11(16)13(5-8)18(19)20/h1-6,17H,7H2. The molecule has 0 amide bonds. The minimum absolute atomic E-state index is 0.0840. The molecule has 0 aliphatic heterocycles. The normalized spacial score (nSPS) is 10.3. The minimum atomic E-state index is -0.485. The van der Waals surface area contributed by atoms with Gasteiger partial charge in [0, 0.05) is 27.2 Å². The van der Waals surface area contributed by atoms with Crippen LogP contribution in [0.25, 0.3) is 0 Å². The summed E-state index contributed by atoms with van der Waals surface area (Å²) in [6.45, 7) is 0.465. The second-order valence-electron chi connectivity index (χ2n) is 4.02. The molecule has 104 valence electrons. The Morgan fingerprint density at radius 2 is 1.95 bits per heavy atom. The van der Waals surface area contributed by atoms with Gasteiger partial charge >= 0.3 is 0 Å². The molecule has 20 heavy (non-hydrogen) atoms. The third kappa shape index (κ3) is 3.71. The van der Waals surface area contributed by atoms with Crippen LogP contribution in [0, 0.1) is 10.1 Å². The van der Waals surface area contributed by atoms with Crippen LogP contribution in [-0.4, -0.2) is 4.92 Å². The summed E-state index contributed by atoms with van der Waals surface area (Å²) in [5, 5.41) is 14.2. The Balaban J connectivity index is 2.17. The highest BCUT2D eigenvalue weighted by Gasteiger charge is 2.12. The summed E-state index contributed by atoms with van der Waals surface area (Å²) >= 11 is 12.6. The molecule has 0 aromatic heterocycles. The molecule has 2 aromatic rings. The molecule has 0 saturated heterocycles. The topological polar surface area (TPSA) is 55.2 Å². The summed E-state index contributed by atoms with van der Waals surface area (Å²) in [4.78, 5) is 10.3. The number of nitro benzene ring substituents is 1. The predicted octanol–water partition coefficient (Wildman–Crippen LogP) is 5.39. The highest BCUT2D eigenvalue weighted by molar-refractivity contribution is 9.11. The second-order valence-corrected chi connectivity index (χ2v) is 6.20. The van der Waals surface area contributed by atoms with Crippen LogP contribution in [0.3, 0.4) is 0 Å². The van der Waals surface area contributed by atoms with Crippen molar-refractivity contribution in [3.63, 3.8) is 0 Å². The SMILES string of the molecule is O=[N+]([O-])c1cc(CNc2cc(Br)ccc2Br)ccc1Cl. The van der Waals surface area contributed by atoms with Crippen molar-refractivity contribution in [1.29, 1.82) is 0 Å². The third-order valence-corrected chi connectivity index (χ3v) is 4.12. The molecule has 0 radical (unpaired) electrons. The van der Waals surface area contributed by atoms with E-state index in [1.807, 2.05) is 18.2 Å². The van der Waals surface area contributed by atoms with Crippen molar-refractivity contribution in [3.8, 4) is 0 Å². The average Bonchev–Trinajstić information content (AvgIpc) is 2.41. The van der Waals surface area contributed by atoms with Gasteiger partial charge in [-0.1, -0.05) is 33.6 Å². The fourth-order valence-corrected chi connectivity index (χ4v) is 2.57. The maximum atomic E-state index is 10.8. The maximum absolute atomic E-state index is 10.8. The van der Waals surface area contributed by atoms with Gasteiger partial charge in [0.2, 0.25) is 0 Å². The first-order valence-electron chi connectivity index (χ1n) is 5.59. The third-order valence-electron chi connectivity index (χ3n) is 2.62. The Bertz CT molecular complexity index is 665. The van der Waals surface area contributed by atoms with Crippen LogP contribution in [-0.2, 0) is 6.54 Å². The van der Waals surface area contributed by atoms with E-state index in [2.05, 4.69) is 37.2 Å². The predicted molar refractivity (Wildman–Crippen MR) is 87.3 cm³/mol. The van der Waals surface area contributed by atoms with Crippen molar-refractivity contribution >= 4 is 54.8 Å². The molecule has 0 saturated carbocycles. The molecule has 0 atom stereocenters. The van der Waals surface area contributed by atoms with Gasteiger partial charge in [-0.25, -0.2) is 0 Å². The number of benzene rings is 2. The van der Waals surface area contributed by atoms with E-state index < -0.39 is 4.92 Å². The minimum Gasteiger partial charge on any atom is -0.380 e. The Morgan fingerprint density at radius 1 is 1.20 bits per heavy atom. The van der Waals surface area contributed by atoms with Crippen molar-refractivity contribution in [2.45, 2.75) is 6.54 Å². The first-order valence-corrected chi connectivity index (χ1v) is 7.55. The molecule has 7 heteroatoms. The number of halogens is 3. The van der Waals surface area contributed by atoms with Crippen molar-refractivity contribution in [3.05, 3.63) is 66.0 Å². The molecule has 0 unspecified atom stereocenters. The Labute approximate surface area is 137 Å². The zero-order valence-electron chi connectivity index (χ0n) is 10.1. The van der Waals surface area contributed by atoms with Gasteiger partial charge in [0.25, 0.3) is 5.69 Å². The van der Waals surface area contributed by atoms with E-state index >= 15 is 0 Å². The van der Waals surface area contributed by atoms with Gasteiger partial charge in [-0.2, -0.15) is 0 Å². The number of nitro groups is 1. The monoisotopic (exact) mass is 418 g/mol. The summed E-state index contributed by atoms with van der Waals surface area (Å²) < 4.78 is 1.87. The maximum Gasteiger partial charge on any atom is 0.288 e. The van der Waals surface area contributed by atoms with Crippen molar-refractivity contribution in [2.75, 3.05) is 5.32 Å². The lowest BCUT2D eigenvalue weighted by Crippen LogP contribution is -2.01. The highest BCUT2D eigenvalue weighted by atomic mass is 79.9. The van der Waals surface area contributed by atoms with Gasteiger partial charge in [0.05, 0.1) is 4.92 Å². The van der Waals surface area contributed by atoms with Crippen LogP contribution in [0.1, 0.15) is 5.56 Å². The molecule has 4 nitrogen and oxygen atoms in total. The van der Waals surface area contributed by atoms with Crippen molar-refractivity contribution in [2.24, 2.45) is 0 Å². The van der Waals surface area contributed by atoms with E-state index in [1.165, 1.54) is 12.1 Å². The van der Waals surface area contributed by atoms with Gasteiger partial charge in [0.1, 0.15) is 5.02 Å². The molecular weight excluding hydrogens is 411 g/mol. The zero-order chi connectivity index (χ0) is 14.7. The van der Waals surface area contributed by atoms with Crippen LogP contribution in [0.15, 0.2) is 45.3 Å². The van der Waals surface area contributed by atoms with E-state index in [-0.39, 0.29) is 10.7 Å². The van der Waals surface area contributed by atoms with Gasteiger partial charge < -0.3 is 5.32 Å². The zero-order valence-corrected chi connectivity index (χ0v) is 14.0. The number of rotatable bonds is 4. The lowest BCUT2D eigenvalue weighted by atomic mass is 10.2. The molecule has 1 N–H and O–H groups in total. The number of anilines is 1. The Kier molecular flexibility index (Phi) is 5.01. The Morgan fingerprint density at radius 3 is 2.65 bits per heavy atom. The Hall–Kier alpha value is -1.11. The van der Waals surface area contributed by atoms with E-state index in [9.17, 15) is 10.1 Å². The number of hydrogen-bond donors (Lipinski definition) is 1. The molecule has 0 spiro atoms. The van der Waals surface area contributed by atoms with E-state index in [1.54, 1.807) is 6.07 Å². The van der Waals surface area contributed by atoms with Crippen LogP contribution in [0.5, 0.6) is 0 Å². The molecule has 0 heterocycles. The lowest BCUT2D eigenvalue weighted by Gasteiger charge is -2.09. The summed E-state index contributed by atoms with van der Waals surface area (Å²) in [6, 6.07) is 10.5. The van der Waals surface area contributed by atoms with Crippen LogP contribution in [0.2, 0.25) is 5.02 Å². The largest absolute Gasteiger partial charge is 0.380 e. The molecule has 0 fully saturated rings. The molecule has 0 aliphatic rings.